The van der Waals surface area contributed by atoms with E-state index in [2.05, 4.69) is 23.3 Å². The molecule has 0 bridgehead atoms. The minimum absolute atomic E-state index is 0.242. The number of nitrogens with zero attached hydrogens (tertiary/aromatic N) is 1. The third-order valence-electron chi connectivity index (χ3n) is 5.12. The Balaban J connectivity index is 2.02. The third kappa shape index (κ3) is 3.74. The quantitative estimate of drug-likeness (QED) is 0.672. The maximum Gasteiger partial charge on any atom is 0.256 e. The molecule has 27 heavy (non-hydrogen) atoms. The minimum Gasteiger partial charge on any atom is -0.385 e. The van der Waals surface area contributed by atoms with E-state index in [0.29, 0.717) is 28.4 Å². The molecule has 1 aliphatic carbocycles. The summed E-state index contributed by atoms with van der Waals surface area (Å²) in [6, 6.07) is 11.7. The van der Waals surface area contributed by atoms with E-state index in [0.717, 1.165) is 37.1 Å². The average molecular weight is 381 g/mol. The molecule has 0 atom stereocenters. The van der Waals surface area contributed by atoms with Crippen LogP contribution in [0, 0.1) is 16.7 Å². The molecule has 0 unspecified atom stereocenters. The Kier molecular flexibility index (Phi) is 5.92. The smallest absolute Gasteiger partial charge is 0.256 e. The van der Waals surface area contributed by atoms with Gasteiger partial charge in [0.15, 0.2) is 0 Å². The molecular formula is C21H24N4OS. The van der Waals surface area contributed by atoms with E-state index in [4.69, 9.17) is 5.73 Å². The lowest BCUT2D eigenvalue weighted by Gasteiger charge is -2.42. The fourth-order valence-corrected chi connectivity index (χ4v) is 4.82. The lowest BCUT2D eigenvalue weighted by molar-refractivity contribution is -0.114. The normalized spacial score (nSPS) is 18.6. The van der Waals surface area contributed by atoms with Crippen LogP contribution >= 0.6 is 11.8 Å². The number of carbonyl (C=O) groups excluding carboxylic acids is 1. The zero-order valence-corrected chi connectivity index (χ0v) is 16.1. The van der Waals surface area contributed by atoms with Crippen molar-refractivity contribution in [2.45, 2.75) is 32.1 Å². The Morgan fingerprint density at radius 3 is 2.67 bits per heavy atom. The number of nitriles is 1. The molecule has 140 valence electrons. The molecular weight excluding hydrogens is 356 g/mol. The van der Waals surface area contributed by atoms with Gasteiger partial charge in [0.05, 0.1) is 22.2 Å². The molecule has 0 radical (unpaired) electrons. The molecule has 1 saturated carbocycles. The van der Waals surface area contributed by atoms with Gasteiger partial charge in [0.2, 0.25) is 0 Å². The lowest BCUT2D eigenvalue weighted by atomic mass is 9.63. The van der Waals surface area contributed by atoms with Gasteiger partial charge in [0.25, 0.3) is 5.91 Å². The predicted octanol–water partition coefficient (Wildman–Crippen LogP) is 4.00. The van der Waals surface area contributed by atoms with Crippen LogP contribution in [-0.4, -0.2) is 11.7 Å². The van der Waals surface area contributed by atoms with E-state index in [1.807, 2.05) is 30.3 Å². The van der Waals surface area contributed by atoms with E-state index in [-0.39, 0.29) is 5.91 Å². The first-order chi connectivity index (χ1) is 13.1. The van der Waals surface area contributed by atoms with E-state index < -0.39 is 5.41 Å². The summed E-state index contributed by atoms with van der Waals surface area (Å²) in [6.07, 6.45) is 6.36. The van der Waals surface area contributed by atoms with Crippen LogP contribution in [0.2, 0.25) is 0 Å². The van der Waals surface area contributed by atoms with Crippen LogP contribution in [0.3, 0.4) is 0 Å². The van der Waals surface area contributed by atoms with E-state index in [9.17, 15) is 10.1 Å². The first-order valence-electron chi connectivity index (χ1n) is 9.14. The summed E-state index contributed by atoms with van der Waals surface area (Å²) in [5, 5.41) is 16.8. The first kappa shape index (κ1) is 19.1. The molecule has 6 heteroatoms. The number of hydrogen-bond acceptors (Lipinski definition) is 5. The van der Waals surface area contributed by atoms with Gasteiger partial charge in [-0.1, -0.05) is 43.5 Å². The number of hydrogen-bond donors (Lipinski definition) is 3. The maximum atomic E-state index is 13.2. The van der Waals surface area contributed by atoms with Crippen molar-refractivity contribution in [2.75, 3.05) is 11.1 Å². The number of benzene rings is 1. The van der Waals surface area contributed by atoms with Crippen LogP contribution < -0.4 is 16.4 Å². The number of carbonyl (C=O) groups is 1. The summed E-state index contributed by atoms with van der Waals surface area (Å²) < 4.78 is 0. The molecule has 1 aromatic rings. The van der Waals surface area contributed by atoms with Gasteiger partial charge in [0.1, 0.15) is 5.82 Å². The predicted molar refractivity (Wildman–Crippen MR) is 110 cm³/mol. The Hall–Kier alpha value is -2.65. The highest BCUT2D eigenvalue weighted by atomic mass is 32.2. The molecule has 3 rings (SSSR count). The van der Waals surface area contributed by atoms with Gasteiger partial charge in [-0.05, 0) is 25.0 Å². The van der Waals surface area contributed by atoms with Crippen molar-refractivity contribution in [3.05, 3.63) is 65.0 Å². The number of anilines is 1. The van der Waals surface area contributed by atoms with Gasteiger partial charge < -0.3 is 16.4 Å². The zero-order chi connectivity index (χ0) is 19.3. The van der Waals surface area contributed by atoms with Gasteiger partial charge in [-0.15, -0.1) is 18.3 Å². The minimum atomic E-state index is -0.620. The van der Waals surface area contributed by atoms with Crippen LogP contribution in [-0.2, 0) is 4.79 Å². The van der Waals surface area contributed by atoms with Crippen LogP contribution in [0.25, 0.3) is 0 Å². The fraction of sp³-hybridized carbons (Fsp3) is 0.333. The first-order valence-corrected chi connectivity index (χ1v) is 10.1. The number of nitrogens with two attached hydrogens (primary N) is 1. The topological polar surface area (TPSA) is 90.9 Å². The van der Waals surface area contributed by atoms with Crippen LogP contribution in [0.4, 0.5) is 5.69 Å². The van der Waals surface area contributed by atoms with Gasteiger partial charge in [0, 0.05) is 16.9 Å². The SMILES string of the molecule is C=CCSC1=C(C#N)C2(CCCCC2)C(C(=O)Nc2ccccc2)=C(N)N1. The number of amides is 1. The zero-order valence-electron chi connectivity index (χ0n) is 15.3. The molecule has 1 aromatic carbocycles. The second-order valence-corrected chi connectivity index (χ2v) is 7.82. The standard InChI is InChI=1S/C21H24N4OS/c1-2-13-27-20-16(14-22)21(11-7-4-8-12-21)17(18(23)25-20)19(26)24-15-9-5-3-6-10-15/h2-3,5-6,9-10,25H,1,4,7-8,11-13,23H2,(H,24,26). The Morgan fingerprint density at radius 1 is 1.33 bits per heavy atom. The number of allylic oxidation sites excluding steroid dienone is 1. The van der Waals surface area contributed by atoms with Crippen molar-refractivity contribution in [1.82, 2.24) is 5.32 Å². The van der Waals surface area contributed by atoms with Gasteiger partial charge in [-0.2, -0.15) is 5.26 Å². The Bertz CT molecular complexity index is 829. The van der Waals surface area contributed by atoms with Gasteiger partial charge in [-0.3, -0.25) is 4.79 Å². The van der Waals surface area contributed by atoms with Crippen molar-refractivity contribution in [2.24, 2.45) is 11.1 Å². The van der Waals surface area contributed by atoms with E-state index in [1.54, 1.807) is 6.08 Å². The molecule has 0 aromatic heterocycles. The van der Waals surface area contributed by atoms with Crippen LogP contribution in [0.15, 0.2) is 65.0 Å². The highest BCUT2D eigenvalue weighted by Crippen LogP contribution is 2.52. The highest BCUT2D eigenvalue weighted by Gasteiger charge is 2.48. The van der Waals surface area contributed by atoms with Crippen molar-refractivity contribution < 1.29 is 4.79 Å². The van der Waals surface area contributed by atoms with Crippen LogP contribution in [0.1, 0.15) is 32.1 Å². The summed E-state index contributed by atoms with van der Waals surface area (Å²) in [4.78, 5) is 13.2. The molecule has 0 saturated heterocycles. The summed E-state index contributed by atoms with van der Waals surface area (Å²) in [7, 11) is 0. The molecule has 1 spiro atoms. The number of para-hydroxylation sites is 1. The van der Waals surface area contributed by atoms with Crippen LogP contribution in [0.5, 0.6) is 0 Å². The van der Waals surface area contributed by atoms with Crippen molar-refractivity contribution in [3.63, 3.8) is 0 Å². The second kappa shape index (κ2) is 8.36. The summed E-state index contributed by atoms with van der Waals surface area (Å²) in [5.41, 5.74) is 7.55. The molecule has 2 aliphatic rings. The third-order valence-corrected chi connectivity index (χ3v) is 6.12. The molecule has 4 N–H and O–H groups in total. The fourth-order valence-electron chi connectivity index (χ4n) is 3.97. The molecule has 1 aliphatic heterocycles. The maximum absolute atomic E-state index is 13.2. The number of nitrogens with one attached hydrogen (secondary N) is 2. The average Bonchev–Trinajstić information content (AvgIpc) is 2.67. The summed E-state index contributed by atoms with van der Waals surface area (Å²) in [6.45, 7) is 3.75. The number of rotatable bonds is 5. The Labute approximate surface area is 164 Å². The largest absolute Gasteiger partial charge is 0.385 e. The van der Waals surface area contributed by atoms with E-state index >= 15 is 0 Å². The van der Waals surface area contributed by atoms with Crippen molar-refractivity contribution in [3.8, 4) is 6.07 Å². The molecule has 1 amide bonds. The highest BCUT2D eigenvalue weighted by molar-refractivity contribution is 8.03. The lowest BCUT2D eigenvalue weighted by Crippen LogP contribution is -2.44. The summed E-state index contributed by atoms with van der Waals surface area (Å²) in [5.74, 6) is 0.770. The number of dihydropyridines is 1. The molecule has 5 nitrogen and oxygen atoms in total. The molecule has 1 heterocycles. The number of thioether (sulfide) groups is 1. The van der Waals surface area contributed by atoms with E-state index in [1.165, 1.54) is 11.8 Å². The van der Waals surface area contributed by atoms with Gasteiger partial charge >= 0.3 is 0 Å². The Morgan fingerprint density at radius 2 is 2.04 bits per heavy atom. The second-order valence-electron chi connectivity index (χ2n) is 6.79. The monoisotopic (exact) mass is 380 g/mol. The summed E-state index contributed by atoms with van der Waals surface area (Å²) >= 11 is 1.50. The van der Waals surface area contributed by atoms with Gasteiger partial charge in [-0.25, -0.2) is 0 Å². The molecule has 1 fully saturated rings. The van der Waals surface area contributed by atoms with Crippen molar-refractivity contribution in [1.29, 1.82) is 5.26 Å². The van der Waals surface area contributed by atoms with Crippen molar-refractivity contribution >= 4 is 23.4 Å².